The molecule has 1 aliphatic heterocycles. The molecule has 2 aliphatic rings. The number of fused-ring (bicyclic) bond motifs is 3. The van der Waals surface area contributed by atoms with E-state index in [1.807, 2.05) is 6.20 Å². The third kappa shape index (κ3) is 1.09. The molecule has 4 nitrogen and oxygen atoms in total. The van der Waals surface area contributed by atoms with Crippen LogP contribution in [0.15, 0.2) is 6.20 Å². The van der Waals surface area contributed by atoms with Gasteiger partial charge in [0.2, 0.25) is 0 Å². The fourth-order valence-electron chi connectivity index (χ4n) is 2.39. The van der Waals surface area contributed by atoms with Crippen molar-refractivity contribution in [2.75, 3.05) is 0 Å². The predicted octanol–water partition coefficient (Wildman–Crippen LogP) is 1.29. The number of hydrogen-bond donors (Lipinski definition) is 0. The summed E-state index contributed by atoms with van der Waals surface area (Å²) in [5.41, 5.74) is 1.13. The third-order valence-corrected chi connectivity index (χ3v) is 3.08. The van der Waals surface area contributed by atoms with E-state index in [1.54, 1.807) is 0 Å². The second-order valence-electron chi connectivity index (χ2n) is 3.87. The standard InChI is InChI=1S/C9H13N3O/c1-2-4-9-8(3-1)12-7(6-13-9)5-10-11-12/h5,8-9H,1-4,6H2. The first-order valence-electron chi connectivity index (χ1n) is 4.96. The molecular weight excluding hydrogens is 166 g/mol. The number of hydrogen-bond acceptors (Lipinski definition) is 3. The number of ether oxygens (including phenoxy) is 1. The maximum atomic E-state index is 5.77. The van der Waals surface area contributed by atoms with Gasteiger partial charge in [0.05, 0.1) is 30.6 Å². The Labute approximate surface area is 76.9 Å². The minimum atomic E-state index is 0.392. The summed E-state index contributed by atoms with van der Waals surface area (Å²) < 4.78 is 7.83. The summed E-state index contributed by atoms with van der Waals surface area (Å²) in [7, 11) is 0. The molecule has 2 unspecified atom stereocenters. The molecule has 0 N–H and O–H groups in total. The molecule has 0 saturated heterocycles. The van der Waals surface area contributed by atoms with Crippen LogP contribution in [-0.4, -0.2) is 21.1 Å². The summed E-state index contributed by atoms with van der Waals surface area (Å²) in [5, 5.41) is 8.06. The van der Waals surface area contributed by atoms with Gasteiger partial charge in [-0.1, -0.05) is 18.1 Å². The molecule has 13 heavy (non-hydrogen) atoms. The zero-order chi connectivity index (χ0) is 8.67. The van der Waals surface area contributed by atoms with Crippen LogP contribution in [0.2, 0.25) is 0 Å². The average Bonchev–Trinajstić information content (AvgIpc) is 2.65. The van der Waals surface area contributed by atoms with Crippen molar-refractivity contribution in [1.29, 1.82) is 0 Å². The van der Waals surface area contributed by atoms with E-state index in [2.05, 4.69) is 15.0 Å². The van der Waals surface area contributed by atoms with Gasteiger partial charge in [0.25, 0.3) is 0 Å². The van der Waals surface area contributed by atoms with Crippen molar-refractivity contribution < 1.29 is 4.74 Å². The van der Waals surface area contributed by atoms with Crippen molar-refractivity contribution >= 4 is 0 Å². The van der Waals surface area contributed by atoms with Gasteiger partial charge >= 0.3 is 0 Å². The highest BCUT2D eigenvalue weighted by atomic mass is 16.5. The van der Waals surface area contributed by atoms with Crippen molar-refractivity contribution in [3.05, 3.63) is 11.9 Å². The van der Waals surface area contributed by atoms with Gasteiger partial charge in [0.15, 0.2) is 0 Å². The summed E-state index contributed by atoms with van der Waals surface area (Å²) in [4.78, 5) is 0. The number of aromatic nitrogens is 3. The fraction of sp³-hybridized carbons (Fsp3) is 0.778. The maximum Gasteiger partial charge on any atom is 0.0906 e. The smallest absolute Gasteiger partial charge is 0.0906 e. The summed E-state index contributed by atoms with van der Waals surface area (Å²) in [6.07, 6.45) is 7.17. The lowest BCUT2D eigenvalue weighted by atomic mass is 9.91. The molecule has 2 heterocycles. The largest absolute Gasteiger partial charge is 0.370 e. The van der Waals surface area contributed by atoms with E-state index < -0.39 is 0 Å². The van der Waals surface area contributed by atoms with Crippen LogP contribution in [0.4, 0.5) is 0 Å². The Bertz CT molecular complexity index is 310. The van der Waals surface area contributed by atoms with Crippen LogP contribution >= 0.6 is 0 Å². The maximum absolute atomic E-state index is 5.77. The highest BCUT2D eigenvalue weighted by molar-refractivity contribution is 4.99. The van der Waals surface area contributed by atoms with Crippen molar-refractivity contribution in [1.82, 2.24) is 15.0 Å². The zero-order valence-corrected chi connectivity index (χ0v) is 7.52. The van der Waals surface area contributed by atoms with Gasteiger partial charge in [0.1, 0.15) is 0 Å². The Hall–Kier alpha value is -0.900. The van der Waals surface area contributed by atoms with Gasteiger partial charge in [-0.2, -0.15) is 0 Å². The molecule has 1 aromatic heterocycles. The highest BCUT2D eigenvalue weighted by Gasteiger charge is 2.32. The first-order valence-corrected chi connectivity index (χ1v) is 4.96. The normalized spacial score (nSPS) is 32.3. The second-order valence-corrected chi connectivity index (χ2v) is 3.87. The van der Waals surface area contributed by atoms with E-state index in [0.29, 0.717) is 18.8 Å². The second kappa shape index (κ2) is 2.80. The summed E-state index contributed by atoms with van der Waals surface area (Å²) in [6.45, 7) is 0.689. The van der Waals surface area contributed by atoms with Gasteiger partial charge in [0, 0.05) is 0 Å². The minimum Gasteiger partial charge on any atom is -0.370 e. The van der Waals surface area contributed by atoms with Crippen molar-refractivity contribution in [3.8, 4) is 0 Å². The molecule has 0 amide bonds. The molecule has 70 valence electrons. The molecule has 0 bridgehead atoms. The van der Waals surface area contributed by atoms with Crippen LogP contribution in [0.25, 0.3) is 0 Å². The topological polar surface area (TPSA) is 39.9 Å². The van der Waals surface area contributed by atoms with E-state index in [4.69, 9.17) is 4.74 Å². The Morgan fingerprint density at radius 3 is 3.31 bits per heavy atom. The monoisotopic (exact) mass is 179 g/mol. The van der Waals surface area contributed by atoms with E-state index in [-0.39, 0.29) is 0 Å². The SMILES string of the molecule is c1nnn2c1COC1CCCCC12. The summed E-state index contributed by atoms with van der Waals surface area (Å²) >= 11 is 0. The zero-order valence-electron chi connectivity index (χ0n) is 7.52. The molecule has 0 aromatic carbocycles. The van der Waals surface area contributed by atoms with E-state index >= 15 is 0 Å². The Morgan fingerprint density at radius 2 is 2.31 bits per heavy atom. The predicted molar refractivity (Wildman–Crippen MR) is 46.1 cm³/mol. The minimum absolute atomic E-state index is 0.392. The Kier molecular flexibility index (Phi) is 1.62. The Balaban J connectivity index is 1.97. The van der Waals surface area contributed by atoms with Crippen LogP contribution < -0.4 is 0 Å². The van der Waals surface area contributed by atoms with Crippen molar-refractivity contribution in [3.63, 3.8) is 0 Å². The number of rotatable bonds is 0. The van der Waals surface area contributed by atoms with E-state index in [1.165, 1.54) is 25.7 Å². The van der Waals surface area contributed by atoms with Crippen LogP contribution in [-0.2, 0) is 11.3 Å². The lowest BCUT2D eigenvalue weighted by Crippen LogP contribution is -2.35. The molecule has 1 saturated carbocycles. The lowest BCUT2D eigenvalue weighted by Gasteiger charge is -2.35. The molecule has 1 aliphatic carbocycles. The first kappa shape index (κ1) is 7.50. The van der Waals surface area contributed by atoms with Crippen molar-refractivity contribution in [2.45, 2.75) is 44.4 Å². The fourth-order valence-corrected chi connectivity index (χ4v) is 2.39. The molecular formula is C9H13N3O. The molecule has 3 rings (SSSR count). The summed E-state index contributed by atoms with van der Waals surface area (Å²) in [5.74, 6) is 0. The molecule has 1 aromatic rings. The van der Waals surface area contributed by atoms with Crippen molar-refractivity contribution in [2.24, 2.45) is 0 Å². The van der Waals surface area contributed by atoms with Crippen LogP contribution in [0.3, 0.4) is 0 Å². The quantitative estimate of drug-likeness (QED) is 0.602. The van der Waals surface area contributed by atoms with Gasteiger partial charge in [-0.15, -0.1) is 5.10 Å². The Morgan fingerprint density at radius 1 is 1.38 bits per heavy atom. The molecule has 1 fully saturated rings. The van der Waals surface area contributed by atoms with E-state index in [0.717, 1.165) is 5.69 Å². The van der Waals surface area contributed by atoms with Crippen LogP contribution in [0.1, 0.15) is 37.4 Å². The number of nitrogens with zero attached hydrogens (tertiary/aromatic N) is 3. The average molecular weight is 179 g/mol. The third-order valence-electron chi connectivity index (χ3n) is 3.08. The van der Waals surface area contributed by atoms with Gasteiger partial charge in [-0.05, 0) is 12.8 Å². The molecule has 0 spiro atoms. The molecule has 2 atom stereocenters. The molecule has 4 heteroatoms. The van der Waals surface area contributed by atoms with Gasteiger partial charge in [-0.3, -0.25) is 0 Å². The van der Waals surface area contributed by atoms with Gasteiger partial charge in [-0.25, -0.2) is 4.68 Å². The first-order chi connectivity index (χ1) is 6.45. The van der Waals surface area contributed by atoms with E-state index in [9.17, 15) is 0 Å². The van der Waals surface area contributed by atoms with Crippen LogP contribution in [0, 0.1) is 0 Å². The molecule has 0 radical (unpaired) electrons. The summed E-state index contributed by atoms with van der Waals surface area (Å²) in [6, 6.07) is 0.458. The lowest BCUT2D eigenvalue weighted by molar-refractivity contribution is -0.0474. The van der Waals surface area contributed by atoms with Gasteiger partial charge < -0.3 is 4.74 Å². The van der Waals surface area contributed by atoms with Crippen LogP contribution in [0.5, 0.6) is 0 Å². The highest BCUT2D eigenvalue weighted by Crippen LogP contribution is 2.34.